The molecule has 1 aliphatic heterocycles. The Kier molecular flexibility index (Phi) is 6.55. The predicted molar refractivity (Wildman–Crippen MR) is 120 cm³/mol. The first-order chi connectivity index (χ1) is 15.5. The highest BCUT2D eigenvalue weighted by atomic mass is 16.6. The molecule has 0 saturated carbocycles. The SMILES string of the molecule is CN(CCc1ccccc1)C1CCN(C(=O)c2ccc(-n3cncn3)c([N+](=O)[O-])c2)CC1. The molecule has 1 amide bonds. The van der Waals surface area contributed by atoms with Crippen LogP contribution in [0, 0.1) is 10.1 Å². The van der Waals surface area contributed by atoms with Gasteiger partial charge in [0.2, 0.25) is 0 Å². The highest BCUT2D eigenvalue weighted by Gasteiger charge is 2.27. The van der Waals surface area contributed by atoms with Crippen LogP contribution in [0.2, 0.25) is 0 Å². The Morgan fingerprint density at radius 3 is 2.59 bits per heavy atom. The van der Waals surface area contributed by atoms with Gasteiger partial charge in [0.25, 0.3) is 11.6 Å². The van der Waals surface area contributed by atoms with E-state index in [-0.39, 0.29) is 17.3 Å². The number of piperidine rings is 1. The van der Waals surface area contributed by atoms with Crippen molar-refractivity contribution in [3.8, 4) is 5.69 Å². The number of hydrogen-bond acceptors (Lipinski definition) is 6. The third kappa shape index (κ3) is 4.83. The Morgan fingerprint density at radius 2 is 1.94 bits per heavy atom. The number of amides is 1. The van der Waals surface area contributed by atoms with E-state index >= 15 is 0 Å². The van der Waals surface area contributed by atoms with Gasteiger partial charge in [-0.15, -0.1) is 0 Å². The van der Waals surface area contributed by atoms with Gasteiger partial charge in [-0.1, -0.05) is 30.3 Å². The van der Waals surface area contributed by atoms with Crippen molar-refractivity contribution < 1.29 is 9.72 Å². The first-order valence-corrected chi connectivity index (χ1v) is 10.7. The van der Waals surface area contributed by atoms with Gasteiger partial charge in [-0.3, -0.25) is 14.9 Å². The highest BCUT2D eigenvalue weighted by Crippen LogP contribution is 2.25. The lowest BCUT2D eigenvalue weighted by Gasteiger charge is -2.37. The third-order valence-corrected chi connectivity index (χ3v) is 6.06. The molecule has 1 aromatic heterocycles. The molecule has 0 atom stereocenters. The Balaban J connectivity index is 1.37. The smallest absolute Gasteiger partial charge is 0.295 e. The van der Waals surface area contributed by atoms with Crippen LogP contribution in [0.25, 0.3) is 5.69 Å². The van der Waals surface area contributed by atoms with Gasteiger partial charge in [-0.2, -0.15) is 5.10 Å². The monoisotopic (exact) mass is 434 g/mol. The van der Waals surface area contributed by atoms with Crippen LogP contribution in [-0.2, 0) is 6.42 Å². The molecule has 9 nitrogen and oxygen atoms in total. The summed E-state index contributed by atoms with van der Waals surface area (Å²) in [7, 11) is 2.14. The molecule has 0 bridgehead atoms. The predicted octanol–water partition coefficient (Wildman–Crippen LogP) is 2.95. The molecule has 1 aliphatic rings. The van der Waals surface area contributed by atoms with E-state index in [2.05, 4.69) is 46.3 Å². The molecule has 3 aromatic rings. The number of likely N-dealkylation sites (N-methyl/N-ethyl adjacent to an activating group) is 1. The summed E-state index contributed by atoms with van der Waals surface area (Å²) >= 11 is 0. The Bertz CT molecular complexity index is 1060. The zero-order chi connectivity index (χ0) is 22.5. The van der Waals surface area contributed by atoms with E-state index in [1.807, 2.05) is 6.07 Å². The zero-order valence-electron chi connectivity index (χ0n) is 18.0. The molecule has 0 unspecified atom stereocenters. The molecule has 0 radical (unpaired) electrons. The third-order valence-electron chi connectivity index (χ3n) is 6.06. The number of rotatable bonds is 7. The minimum Gasteiger partial charge on any atom is -0.339 e. The van der Waals surface area contributed by atoms with Crippen molar-refractivity contribution in [3.05, 3.63) is 82.4 Å². The normalized spacial score (nSPS) is 14.6. The van der Waals surface area contributed by atoms with Gasteiger partial charge in [0.15, 0.2) is 0 Å². The lowest BCUT2D eigenvalue weighted by molar-refractivity contribution is -0.384. The van der Waals surface area contributed by atoms with Crippen molar-refractivity contribution in [2.75, 3.05) is 26.7 Å². The van der Waals surface area contributed by atoms with Crippen molar-refractivity contribution >= 4 is 11.6 Å². The van der Waals surface area contributed by atoms with Crippen molar-refractivity contribution in [1.29, 1.82) is 0 Å². The molecule has 1 fully saturated rings. The van der Waals surface area contributed by atoms with Crippen LogP contribution in [0.5, 0.6) is 0 Å². The lowest BCUT2D eigenvalue weighted by atomic mass is 10.0. The molecule has 9 heteroatoms. The summed E-state index contributed by atoms with van der Waals surface area (Å²) in [6, 6.07) is 15.3. The average molecular weight is 435 g/mol. The number of likely N-dealkylation sites (tertiary alicyclic amines) is 1. The second-order valence-corrected chi connectivity index (χ2v) is 8.04. The molecule has 4 rings (SSSR count). The van der Waals surface area contributed by atoms with Crippen LogP contribution in [0.3, 0.4) is 0 Å². The first kappa shape index (κ1) is 21.6. The number of carbonyl (C=O) groups is 1. The summed E-state index contributed by atoms with van der Waals surface area (Å²) < 4.78 is 1.32. The van der Waals surface area contributed by atoms with Gasteiger partial charge in [0, 0.05) is 37.3 Å². The fourth-order valence-corrected chi connectivity index (χ4v) is 4.15. The maximum Gasteiger partial charge on any atom is 0.295 e. The van der Waals surface area contributed by atoms with Gasteiger partial charge in [-0.25, -0.2) is 9.67 Å². The van der Waals surface area contributed by atoms with E-state index in [1.54, 1.807) is 17.0 Å². The highest BCUT2D eigenvalue weighted by molar-refractivity contribution is 5.95. The first-order valence-electron chi connectivity index (χ1n) is 10.7. The van der Waals surface area contributed by atoms with E-state index in [4.69, 9.17) is 0 Å². The fourth-order valence-electron chi connectivity index (χ4n) is 4.15. The van der Waals surface area contributed by atoms with E-state index in [9.17, 15) is 14.9 Å². The summed E-state index contributed by atoms with van der Waals surface area (Å²) in [6.45, 7) is 2.24. The Hall–Kier alpha value is -3.59. The van der Waals surface area contributed by atoms with Crippen LogP contribution in [0.4, 0.5) is 5.69 Å². The summed E-state index contributed by atoms with van der Waals surface area (Å²) in [6.07, 6.45) is 5.47. The van der Waals surface area contributed by atoms with E-state index < -0.39 is 4.92 Å². The molecular weight excluding hydrogens is 408 g/mol. The second-order valence-electron chi connectivity index (χ2n) is 8.04. The molecule has 166 valence electrons. The average Bonchev–Trinajstić information content (AvgIpc) is 3.37. The maximum absolute atomic E-state index is 13.0. The largest absolute Gasteiger partial charge is 0.339 e. The lowest BCUT2D eigenvalue weighted by Crippen LogP contribution is -2.46. The molecule has 2 aromatic carbocycles. The van der Waals surface area contributed by atoms with Crippen molar-refractivity contribution in [2.24, 2.45) is 0 Å². The van der Waals surface area contributed by atoms with Crippen LogP contribution in [-0.4, -0.2) is 68.1 Å². The topological polar surface area (TPSA) is 97.4 Å². The number of carbonyl (C=O) groups excluding carboxylic acids is 1. The maximum atomic E-state index is 13.0. The zero-order valence-corrected chi connectivity index (χ0v) is 18.0. The number of nitro groups is 1. The second kappa shape index (κ2) is 9.69. The minimum absolute atomic E-state index is 0.170. The number of nitrogens with zero attached hydrogens (tertiary/aromatic N) is 6. The summed E-state index contributed by atoms with van der Waals surface area (Å²) in [4.78, 5) is 32.1. The van der Waals surface area contributed by atoms with Gasteiger partial charge < -0.3 is 9.80 Å². The molecule has 1 saturated heterocycles. The Morgan fingerprint density at radius 1 is 1.19 bits per heavy atom. The van der Waals surface area contributed by atoms with Gasteiger partial charge >= 0.3 is 0 Å². The Labute approximate surface area is 186 Å². The molecular formula is C23H26N6O3. The summed E-state index contributed by atoms with van der Waals surface area (Å²) in [5.41, 5.74) is 1.75. The van der Waals surface area contributed by atoms with Crippen LogP contribution in [0.15, 0.2) is 61.2 Å². The number of aromatic nitrogens is 3. The van der Waals surface area contributed by atoms with Crippen molar-refractivity contribution in [2.45, 2.75) is 25.3 Å². The van der Waals surface area contributed by atoms with E-state index in [0.717, 1.165) is 25.8 Å². The van der Waals surface area contributed by atoms with E-state index in [1.165, 1.54) is 29.0 Å². The van der Waals surface area contributed by atoms with E-state index in [0.29, 0.717) is 24.7 Å². The van der Waals surface area contributed by atoms with Crippen LogP contribution >= 0.6 is 0 Å². The molecule has 0 aliphatic carbocycles. The molecule has 0 spiro atoms. The van der Waals surface area contributed by atoms with Crippen LogP contribution < -0.4 is 0 Å². The van der Waals surface area contributed by atoms with Gasteiger partial charge in [0.1, 0.15) is 18.3 Å². The molecule has 0 N–H and O–H groups in total. The number of hydrogen-bond donors (Lipinski definition) is 0. The minimum atomic E-state index is -0.498. The fraction of sp³-hybridized carbons (Fsp3) is 0.348. The molecule has 32 heavy (non-hydrogen) atoms. The van der Waals surface area contributed by atoms with Crippen molar-refractivity contribution in [1.82, 2.24) is 24.6 Å². The quantitative estimate of drug-likeness (QED) is 0.419. The summed E-state index contributed by atoms with van der Waals surface area (Å²) in [5, 5.41) is 15.5. The van der Waals surface area contributed by atoms with Gasteiger partial charge in [0.05, 0.1) is 4.92 Å². The standard InChI is InChI=1S/C23H26N6O3/c1-26(12-9-18-5-3-2-4-6-18)20-10-13-27(14-11-20)23(30)19-7-8-21(22(15-19)29(31)32)28-17-24-16-25-28/h2-8,15-17,20H,9-14H2,1H3. The van der Waals surface area contributed by atoms with Crippen molar-refractivity contribution in [3.63, 3.8) is 0 Å². The number of nitro benzene ring substituents is 1. The summed E-state index contributed by atoms with van der Waals surface area (Å²) in [5.74, 6) is -0.177. The van der Waals surface area contributed by atoms with Crippen LogP contribution in [0.1, 0.15) is 28.8 Å². The number of benzene rings is 2. The van der Waals surface area contributed by atoms with Gasteiger partial charge in [-0.05, 0) is 44.0 Å². The molecule has 2 heterocycles.